The van der Waals surface area contributed by atoms with Crippen molar-refractivity contribution in [3.8, 4) is 5.75 Å². The van der Waals surface area contributed by atoms with Crippen molar-refractivity contribution >= 4 is 0 Å². The highest BCUT2D eigenvalue weighted by Gasteiger charge is 2.05. The predicted octanol–water partition coefficient (Wildman–Crippen LogP) is 1.94. The molecule has 1 heterocycles. The van der Waals surface area contributed by atoms with Crippen LogP contribution in [0.25, 0.3) is 0 Å². The van der Waals surface area contributed by atoms with Crippen molar-refractivity contribution in [2.45, 2.75) is 27.2 Å². The quantitative estimate of drug-likeness (QED) is 0.718. The Labute approximate surface area is 110 Å². The fourth-order valence-corrected chi connectivity index (χ4v) is 1.57. The Bertz CT molecular complexity index is 354. The van der Waals surface area contributed by atoms with E-state index in [1.54, 1.807) is 0 Å². The summed E-state index contributed by atoms with van der Waals surface area (Å²) in [7, 11) is 0. The highest BCUT2D eigenvalue weighted by molar-refractivity contribution is 5.29. The minimum atomic E-state index is 0.551. The van der Waals surface area contributed by atoms with Crippen molar-refractivity contribution in [3.05, 3.63) is 23.5 Å². The molecule has 0 bridgehead atoms. The summed E-state index contributed by atoms with van der Waals surface area (Å²) in [5.41, 5.74) is 7.49. The van der Waals surface area contributed by atoms with E-state index >= 15 is 0 Å². The van der Waals surface area contributed by atoms with Crippen LogP contribution < -0.4 is 10.5 Å². The topological polar surface area (TPSA) is 57.4 Å². The molecule has 1 aromatic rings. The fourth-order valence-electron chi connectivity index (χ4n) is 1.57. The molecule has 0 amide bonds. The summed E-state index contributed by atoms with van der Waals surface area (Å²) >= 11 is 0. The Balaban J connectivity index is 2.41. The summed E-state index contributed by atoms with van der Waals surface area (Å²) in [6, 6.07) is 3.90. The maximum Gasteiger partial charge on any atom is 0.140 e. The molecule has 0 saturated carbocycles. The predicted molar refractivity (Wildman–Crippen MR) is 72.9 cm³/mol. The van der Waals surface area contributed by atoms with Gasteiger partial charge in [0, 0.05) is 18.7 Å². The van der Waals surface area contributed by atoms with Gasteiger partial charge in [-0.15, -0.1) is 0 Å². The summed E-state index contributed by atoms with van der Waals surface area (Å²) in [5.74, 6) is 1.37. The van der Waals surface area contributed by atoms with Crippen LogP contribution in [0.1, 0.15) is 25.2 Å². The second-order valence-electron chi connectivity index (χ2n) is 4.75. The van der Waals surface area contributed by atoms with Gasteiger partial charge in [0.05, 0.1) is 12.3 Å². The molecule has 1 aromatic heterocycles. The number of aryl methyl sites for hydroxylation is 1. The molecule has 0 radical (unpaired) electrons. The van der Waals surface area contributed by atoms with Gasteiger partial charge in [-0.25, -0.2) is 0 Å². The first kappa shape index (κ1) is 14.9. The first-order valence-electron chi connectivity index (χ1n) is 6.50. The number of aromatic nitrogens is 1. The van der Waals surface area contributed by atoms with Gasteiger partial charge in [0.25, 0.3) is 0 Å². The van der Waals surface area contributed by atoms with Crippen molar-refractivity contribution in [3.63, 3.8) is 0 Å². The molecule has 0 unspecified atom stereocenters. The third-order valence-corrected chi connectivity index (χ3v) is 2.39. The molecule has 0 atom stereocenters. The van der Waals surface area contributed by atoms with Crippen LogP contribution in [0.5, 0.6) is 5.75 Å². The van der Waals surface area contributed by atoms with Gasteiger partial charge in [-0.1, -0.05) is 13.8 Å². The summed E-state index contributed by atoms with van der Waals surface area (Å²) < 4.78 is 11.2. The average molecular weight is 252 g/mol. The van der Waals surface area contributed by atoms with E-state index in [9.17, 15) is 0 Å². The molecule has 0 aliphatic rings. The van der Waals surface area contributed by atoms with Gasteiger partial charge in [-0.05, 0) is 31.5 Å². The van der Waals surface area contributed by atoms with E-state index in [0.29, 0.717) is 25.7 Å². The van der Waals surface area contributed by atoms with Gasteiger partial charge in [-0.3, -0.25) is 4.98 Å². The van der Waals surface area contributed by atoms with Gasteiger partial charge in [-0.2, -0.15) is 0 Å². The van der Waals surface area contributed by atoms with Crippen molar-refractivity contribution in [2.24, 2.45) is 11.7 Å². The monoisotopic (exact) mass is 252 g/mol. The molecule has 0 saturated heterocycles. The third kappa shape index (κ3) is 5.47. The van der Waals surface area contributed by atoms with Gasteiger partial charge in [0.15, 0.2) is 0 Å². The molecule has 0 spiro atoms. The van der Waals surface area contributed by atoms with Crippen LogP contribution in [0.2, 0.25) is 0 Å². The molecule has 4 nitrogen and oxygen atoms in total. The number of ether oxygens (including phenoxy) is 2. The first-order valence-corrected chi connectivity index (χ1v) is 6.50. The highest BCUT2D eigenvalue weighted by Crippen LogP contribution is 2.17. The number of nitrogens with zero attached hydrogens (tertiary/aromatic N) is 1. The lowest BCUT2D eigenvalue weighted by Gasteiger charge is -2.12. The third-order valence-electron chi connectivity index (χ3n) is 2.39. The summed E-state index contributed by atoms with van der Waals surface area (Å²) in [5, 5.41) is 0. The van der Waals surface area contributed by atoms with E-state index in [-0.39, 0.29) is 0 Å². The van der Waals surface area contributed by atoms with E-state index in [4.69, 9.17) is 15.2 Å². The van der Waals surface area contributed by atoms with Crippen molar-refractivity contribution in [1.29, 1.82) is 0 Å². The molecule has 102 valence electrons. The van der Waals surface area contributed by atoms with Gasteiger partial charge in [0.1, 0.15) is 12.4 Å². The van der Waals surface area contributed by atoms with Gasteiger partial charge < -0.3 is 15.2 Å². The highest BCUT2D eigenvalue weighted by atomic mass is 16.5. The number of pyridine rings is 1. The summed E-state index contributed by atoms with van der Waals surface area (Å²) in [6.45, 7) is 8.73. The molecule has 0 aliphatic carbocycles. The molecule has 1 rings (SSSR count). The molecule has 0 fully saturated rings. The lowest BCUT2D eigenvalue weighted by molar-refractivity contribution is 0.0815. The number of hydrogen-bond acceptors (Lipinski definition) is 4. The van der Waals surface area contributed by atoms with Crippen molar-refractivity contribution < 1.29 is 9.47 Å². The fraction of sp³-hybridized carbons (Fsp3) is 0.643. The minimum Gasteiger partial charge on any atom is -0.489 e. The second kappa shape index (κ2) is 8.06. The van der Waals surface area contributed by atoms with E-state index < -0.39 is 0 Å². The molecule has 4 heteroatoms. The molecular weight excluding hydrogens is 228 g/mol. The van der Waals surface area contributed by atoms with E-state index in [2.05, 4.69) is 18.8 Å². The maximum atomic E-state index is 5.68. The standard InChI is InChI=1S/C14H24N2O2/c1-11(2)10-17-8-9-18-14-5-4-12(3)16-13(14)6-7-15/h4-5,11H,6-10,15H2,1-3H3. The normalized spacial score (nSPS) is 10.9. The molecule has 0 aliphatic heterocycles. The smallest absolute Gasteiger partial charge is 0.140 e. The van der Waals surface area contributed by atoms with Crippen LogP contribution in [-0.4, -0.2) is 31.3 Å². The van der Waals surface area contributed by atoms with Crippen molar-refractivity contribution in [2.75, 3.05) is 26.4 Å². The SMILES string of the molecule is Cc1ccc(OCCOCC(C)C)c(CCN)n1. The number of rotatable bonds is 8. The Morgan fingerprint density at radius 2 is 2.06 bits per heavy atom. The average Bonchev–Trinajstić information content (AvgIpc) is 2.31. The lowest BCUT2D eigenvalue weighted by Crippen LogP contribution is -2.12. The number of hydrogen-bond donors (Lipinski definition) is 1. The van der Waals surface area contributed by atoms with Crippen LogP contribution in [0.4, 0.5) is 0 Å². The van der Waals surface area contributed by atoms with Crippen LogP contribution in [0, 0.1) is 12.8 Å². The van der Waals surface area contributed by atoms with Gasteiger partial charge >= 0.3 is 0 Å². The largest absolute Gasteiger partial charge is 0.489 e. The number of nitrogens with two attached hydrogens (primary N) is 1. The maximum absolute atomic E-state index is 5.68. The Kier molecular flexibility index (Phi) is 6.68. The zero-order valence-electron chi connectivity index (χ0n) is 11.6. The summed E-state index contributed by atoms with van der Waals surface area (Å²) in [4.78, 5) is 4.44. The van der Waals surface area contributed by atoms with Gasteiger partial charge in [0.2, 0.25) is 0 Å². The Morgan fingerprint density at radius 1 is 1.28 bits per heavy atom. The van der Waals surface area contributed by atoms with Crippen LogP contribution >= 0.6 is 0 Å². The lowest BCUT2D eigenvalue weighted by atomic mass is 10.2. The molecular formula is C14H24N2O2. The van der Waals surface area contributed by atoms with E-state index in [1.165, 1.54) is 0 Å². The molecule has 18 heavy (non-hydrogen) atoms. The zero-order valence-corrected chi connectivity index (χ0v) is 11.6. The Morgan fingerprint density at radius 3 is 2.72 bits per heavy atom. The Hall–Kier alpha value is -1.13. The summed E-state index contributed by atoms with van der Waals surface area (Å²) in [6.07, 6.45) is 0.740. The van der Waals surface area contributed by atoms with E-state index in [0.717, 1.165) is 30.2 Å². The van der Waals surface area contributed by atoms with Crippen LogP contribution in [0.15, 0.2) is 12.1 Å². The zero-order chi connectivity index (χ0) is 13.4. The van der Waals surface area contributed by atoms with Crippen LogP contribution in [-0.2, 0) is 11.2 Å². The second-order valence-corrected chi connectivity index (χ2v) is 4.75. The van der Waals surface area contributed by atoms with E-state index in [1.807, 2.05) is 19.1 Å². The van der Waals surface area contributed by atoms with Crippen LogP contribution in [0.3, 0.4) is 0 Å². The minimum absolute atomic E-state index is 0.551. The molecule has 0 aromatic carbocycles. The molecule has 2 N–H and O–H groups in total. The van der Waals surface area contributed by atoms with Crippen molar-refractivity contribution in [1.82, 2.24) is 4.98 Å². The first-order chi connectivity index (χ1) is 8.63.